The molecule has 1 aromatic heterocycles. The Morgan fingerprint density at radius 3 is 2.88 bits per heavy atom. The molecule has 0 fully saturated rings. The SMILES string of the molecule is CCCC(c1cccnc1C(N)=O)S(=O)O. The Morgan fingerprint density at radius 1 is 1.69 bits per heavy atom. The lowest BCUT2D eigenvalue weighted by Gasteiger charge is -2.14. The highest BCUT2D eigenvalue weighted by molar-refractivity contribution is 7.79. The molecule has 0 saturated carbocycles. The lowest BCUT2D eigenvalue weighted by molar-refractivity contribution is 0.0994. The first-order chi connectivity index (χ1) is 7.57. The minimum Gasteiger partial charge on any atom is -0.364 e. The topological polar surface area (TPSA) is 93.3 Å². The van der Waals surface area contributed by atoms with Crippen LogP contribution in [0.4, 0.5) is 0 Å². The van der Waals surface area contributed by atoms with Gasteiger partial charge in [-0.3, -0.25) is 9.78 Å². The van der Waals surface area contributed by atoms with E-state index in [1.54, 1.807) is 12.1 Å². The molecule has 0 aliphatic heterocycles. The van der Waals surface area contributed by atoms with E-state index in [-0.39, 0.29) is 5.69 Å². The number of nitrogens with zero attached hydrogens (tertiary/aromatic N) is 1. The number of aromatic nitrogens is 1. The number of carbonyl (C=O) groups is 1. The summed E-state index contributed by atoms with van der Waals surface area (Å²) in [5, 5.41) is -0.610. The predicted molar refractivity (Wildman–Crippen MR) is 61.2 cm³/mol. The van der Waals surface area contributed by atoms with Crippen LogP contribution in [-0.4, -0.2) is 19.7 Å². The summed E-state index contributed by atoms with van der Waals surface area (Å²) in [6.45, 7) is 1.90. The van der Waals surface area contributed by atoms with Crippen LogP contribution in [-0.2, 0) is 11.1 Å². The molecule has 5 nitrogen and oxygen atoms in total. The van der Waals surface area contributed by atoms with E-state index in [4.69, 9.17) is 5.73 Å². The van der Waals surface area contributed by atoms with Crippen LogP contribution < -0.4 is 5.73 Å². The fraction of sp³-hybridized carbons (Fsp3) is 0.400. The van der Waals surface area contributed by atoms with E-state index in [1.807, 2.05) is 6.92 Å². The van der Waals surface area contributed by atoms with Gasteiger partial charge in [-0.15, -0.1) is 0 Å². The van der Waals surface area contributed by atoms with E-state index in [2.05, 4.69) is 4.98 Å². The summed E-state index contributed by atoms with van der Waals surface area (Å²) in [5.74, 6) is -0.679. The molecule has 0 bridgehead atoms. The Bertz CT molecular complexity index is 409. The molecular weight excluding hydrogens is 228 g/mol. The molecule has 6 heteroatoms. The van der Waals surface area contributed by atoms with Crippen LogP contribution in [0.15, 0.2) is 18.3 Å². The summed E-state index contributed by atoms with van der Waals surface area (Å²) in [6.07, 6.45) is 2.69. The monoisotopic (exact) mass is 242 g/mol. The van der Waals surface area contributed by atoms with Crippen LogP contribution in [0.1, 0.15) is 41.1 Å². The van der Waals surface area contributed by atoms with E-state index in [0.717, 1.165) is 6.42 Å². The van der Waals surface area contributed by atoms with Gasteiger partial charge in [0, 0.05) is 11.8 Å². The van der Waals surface area contributed by atoms with Crippen molar-refractivity contribution in [2.24, 2.45) is 5.73 Å². The maximum atomic E-state index is 11.2. The lowest BCUT2D eigenvalue weighted by atomic mass is 10.1. The second-order valence-corrected chi connectivity index (χ2v) is 4.48. The van der Waals surface area contributed by atoms with Crippen LogP contribution in [0, 0.1) is 0 Å². The molecule has 0 aliphatic carbocycles. The van der Waals surface area contributed by atoms with Gasteiger partial charge in [-0.25, -0.2) is 4.21 Å². The first-order valence-corrected chi connectivity index (χ1v) is 6.09. The van der Waals surface area contributed by atoms with Gasteiger partial charge in [-0.1, -0.05) is 19.4 Å². The van der Waals surface area contributed by atoms with E-state index < -0.39 is 22.2 Å². The number of nitrogens with two attached hydrogens (primary N) is 1. The Hall–Kier alpha value is -1.27. The van der Waals surface area contributed by atoms with Gasteiger partial charge < -0.3 is 10.3 Å². The van der Waals surface area contributed by atoms with Crippen LogP contribution in [0.5, 0.6) is 0 Å². The summed E-state index contributed by atoms with van der Waals surface area (Å²) in [6, 6.07) is 3.23. The lowest BCUT2D eigenvalue weighted by Crippen LogP contribution is -2.19. The summed E-state index contributed by atoms with van der Waals surface area (Å²) in [4.78, 5) is 15.0. The number of hydrogen-bond acceptors (Lipinski definition) is 3. The van der Waals surface area contributed by atoms with Crippen molar-refractivity contribution in [1.29, 1.82) is 0 Å². The number of pyridine rings is 1. The summed E-state index contributed by atoms with van der Waals surface area (Å²) in [5.41, 5.74) is 5.68. The molecule has 2 unspecified atom stereocenters. The number of amides is 1. The van der Waals surface area contributed by atoms with E-state index in [0.29, 0.717) is 12.0 Å². The molecule has 0 saturated heterocycles. The average molecular weight is 242 g/mol. The van der Waals surface area contributed by atoms with Crippen molar-refractivity contribution in [3.05, 3.63) is 29.6 Å². The minimum absolute atomic E-state index is 0.0725. The first-order valence-electron chi connectivity index (χ1n) is 4.92. The van der Waals surface area contributed by atoms with Crippen LogP contribution in [0.2, 0.25) is 0 Å². The molecule has 1 heterocycles. The highest BCUT2D eigenvalue weighted by atomic mass is 32.2. The molecule has 2 atom stereocenters. The second-order valence-electron chi connectivity index (χ2n) is 3.36. The van der Waals surface area contributed by atoms with Crippen molar-refractivity contribution in [3.8, 4) is 0 Å². The molecule has 16 heavy (non-hydrogen) atoms. The third-order valence-corrected chi connectivity index (χ3v) is 3.19. The standard InChI is InChI=1S/C10H14N2O3S/c1-2-4-8(16(14)15)7-5-3-6-12-9(7)10(11)13/h3,5-6,8H,2,4H2,1H3,(H2,11,13)(H,14,15). The van der Waals surface area contributed by atoms with Gasteiger partial charge in [-0.2, -0.15) is 0 Å². The van der Waals surface area contributed by atoms with E-state index in [1.165, 1.54) is 6.20 Å². The van der Waals surface area contributed by atoms with Gasteiger partial charge in [0.2, 0.25) is 0 Å². The zero-order valence-corrected chi connectivity index (χ0v) is 9.74. The molecule has 88 valence electrons. The molecule has 1 rings (SSSR count). The van der Waals surface area contributed by atoms with Crippen molar-refractivity contribution < 1.29 is 13.6 Å². The molecule has 0 aromatic carbocycles. The zero-order chi connectivity index (χ0) is 12.1. The third-order valence-electron chi connectivity index (χ3n) is 2.21. The number of primary amides is 1. The van der Waals surface area contributed by atoms with Gasteiger partial charge in [0.1, 0.15) is 5.69 Å². The minimum atomic E-state index is -2.03. The average Bonchev–Trinajstić information content (AvgIpc) is 2.25. The third kappa shape index (κ3) is 2.86. The van der Waals surface area contributed by atoms with Crippen molar-refractivity contribution in [2.45, 2.75) is 25.0 Å². The van der Waals surface area contributed by atoms with Crippen LogP contribution in [0.25, 0.3) is 0 Å². The maximum Gasteiger partial charge on any atom is 0.267 e. The molecule has 0 radical (unpaired) electrons. The highest BCUT2D eigenvalue weighted by Gasteiger charge is 2.22. The number of rotatable bonds is 5. The Kier molecular flexibility index (Phi) is 4.57. The van der Waals surface area contributed by atoms with Gasteiger partial charge in [0.15, 0.2) is 11.1 Å². The Morgan fingerprint density at radius 2 is 2.38 bits per heavy atom. The van der Waals surface area contributed by atoms with Gasteiger partial charge >= 0.3 is 0 Å². The van der Waals surface area contributed by atoms with Crippen molar-refractivity contribution >= 4 is 17.0 Å². The highest BCUT2D eigenvalue weighted by Crippen LogP contribution is 2.25. The first kappa shape index (κ1) is 12.8. The number of carbonyl (C=O) groups excluding carboxylic acids is 1. The van der Waals surface area contributed by atoms with Gasteiger partial charge in [-0.05, 0) is 12.5 Å². The second kappa shape index (κ2) is 5.72. The molecule has 1 aromatic rings. The molecular formula is C10H14N2O3S. The van der Waals surface area contributed by atoms with Crippen molar-refractivity contribution in [2.75, 3.05) is 0 Å². The van der Waals surface area contributed by atoms with E-state index in [9.17, 15) is 13.6 Å². The van der Waals surface area contributed by atoms with Gasteiger partial charge in [0.05, 0.1) is 5.25 Å². The summed E-state index contributed by atoms with van der Waals surface area (Å²) < 4.78 is 20.4. The quantitative estimate of drug-likeness (QED) is 0.760. The smallest absolute Gasteiger partial charge is 0.267 e. The summed E-state index contributed by atoms with van der Waals surface area (Å²) in [7, 11) is 0. The Labute approximate surface area is 96.4 Å². The normalized spacial score (nSPS) is 14.4. The molecule has 1 amide bonds. The maximum absolute atomic E-state index is 11.2. The van der Waals surface area contributed by atoms with Crippen LogP contribution in [0.3, 0.4) is 0 Å². The largest absolute Gasteiger partial charge is 0.364 e. The van der Waals surface area contributed by atoms with Crippen molar-refractivity contribution in [3.63, 3.8) is 0 Å². The number of hydrogen-bond donors (Lipinski definition) is 2. The van der Waals surface area contributed by atoms with E-state index >= 15 is 0 Å². The van der Waals surface area contributed by atoms with Crippen LogP contribution >= 0.6 is 0 Å². The Balaban J connectivity index is 3.17. The fourth-order valence-corrected chi connectivity index (χ4v) is 2.36. The van der Waals surface area contributed by atoms with Gasteiger partial charge in [0.25, 0.3) is 5.91 Å². The fourth-order valence-electron chi connectivity index (χ4n) is 1.51. The van der Waals surface area contributed by atoms with Crippen molar-refractivity contribution in [1.82, 2.24) is 4.98 Å². The molecule has 0 aliphatic rings. The summed E-state index contributed by atoms with van der Waals surface area (Å²) >= 11 is -2.03. The zero-order valence-electron chi connectivity index (χ0n) is 8.92. The molecule has 3 N–H and O–H groups in total. The predicted octanol–water partition coefficient (Wildman–Crippen LogP) is 1.24. The molecule has 0 spiro atoms.